The van der Waals surface area contributed by atoms with E-state index in [9.17, 15) is 0 Å². The van der Waals surface area contributed by atoms with Crippen LogP contribution in [0.15, 0.2) is 41.2 Å². The molecule has 21 heavy (non-hydrogen) atoms. The van der Waals surface area contributed by atoms with Crippen LogP contribution in [0.25, 0.3) is 0 Å². The molecule has 0 spiro atoms. The molecule has 2 saturated heterocycles. The molecule has 3 nitrogen and oxygen atoms in total. The van der Waals surface area contributed by atoms with Gasteiger partial charge in [0, 0.05) is 45.5 Å². The number of rotatable bonds is 4. The number of fused-ring (bicyclic) bond motifs is 1. The molecule has 0 N–H and O–H groups in total. The Labute approximate surface area is 130 Å². The van der Waals surface area contributed by atoms with Gasteiger partial charge in [-0.2, -0.15) is 11.3 Å². The number of thiophene rings is 1. The number of aromatic nitrogens is 1. The summed E-state index contributed by atoms with van der Waals surface area (Å²) >= 11 is 1.80. The maximum atomic E-state index is 4.45. The van der Waals surface area contributed by atoms with Crippen LogP contribution in [0.3, 0.4) is 0 Å². The molecule has 2 atom stereocenters. The molecule has 0 radical (unpaired) electrons. The van der Waals surface area contributed by atoms with Gasteiger partial charge in [-0.25, -0.2) is 0 Å². The maximum absolute atomic E-state index is 4.45. The molecule has 0 bridgehead atoms. The molecule has 2 aromatic rings. The lowest BCUT2D eigenvalue weighted by Crippen LogP contribution is -2.28. The Morgan fingerprint density at radius 2 is 1.76 bits per heavy atom. The van der Waals surface area contributed by atoms with Gasteiger partial charge >= 0.3 is 0 Å². The number of hydrogen-bond acceptors (Lipinski definition) is 4. The summed E-state index contributed by atoms with van der Waals surface area (Å²) in [5.74, 6) is 1.71. The minimum absolute atomic E-state index is 0.854. The van der Waals surface area contributed by atoms with E-state index in [1.807, 2.05) is 12.3 Å². The molecule has 4 rings (SSSR count). The third-order valence-corrected chi connectivity index (χ3v) is 5.47. The van der Waals surface area contributed by atoms with Crippen LogP contribution >= 0.6 is 11.3 Å². The number of nitrogens with zero attached hydrogens (tertiary/aromatic N) is 3. The maximum Gasteiger partial charge on any atom is 0.0543 e. The third kappa shape index (κ3) is 3.03. The van der Waals surface area contributed by atoms with Gasteiger partial charge in [0.25, 0.3) is 0 Å². The van der Waals surface area contributed by atoms with Gasteiger partial charge in [-0.05, 0) is 46.4 Å². The fourth-order valence-corrected chi connectivity index (χ4v) is 4.47. The first-order chi connectivity index (χ1) is 10.4. The molecular weight excluding hydrogens is 278 g/mol. The highest BCUT2D eigenvalue weighted by Crippen LogP contribution is 2.32. The van der Waals surface area contributed by atoms with Crippen molar-refractivity contribution in [1.82, 2.24) is 14.8 Å². The highest BCUT2D eigenvalue weighted by molar-refractivity contribution is 7.07. The molecule has 0 unspecified atom stereocenters. The zero-order chi connectivity index (χ0) is 14.1. The van der Waals surface area contributed by atoms with Crippen molar-refractivity contribution in [1.29, 1.82) is 0 Å². The molecule has 0 aliphatic carbocycles. The Bertz CT molecular complexity index is 555. The van der Waals surface area contributed by atoms with Crippen LogP contribution in [0.1, 0.15) is 11.3 Å². The SMILES string of the molecule is c1ccc(CN2C[C@@H]3CN(Cc4ccsc4)C[C@H]3C2)nc1. The minimum Gasteiger partial charge on any atom is -0.298 e. The van der Waals surface area contributed by atoms with Gasteiger partial charge in [-0.3, -0.25) is 14.8 Å². The zero-order valence-electron chi connectivity index (χ0n) is 12.2. The molecule has 4 heterocycles. The summed E-state index contributed by atoms with van der Waals surface area (Å²) in [7, 11) is 0. The van der Waals surface area contributed by atoms with E-state index < -0.39 is 0 Å². The van der Waals surface area contributed by atoms with Crippen LogP contribution in [-0.4, -0.2) is 41.0 Å². The summed E-state index contributed by atoms with van der Waals surface area (Å²) in [6.07, 6.45) is 1.90. The van der Waals surface area contributed by atoms with Gasteiger partial charge in [0.1, 0.15) is 0 Å². The van der Waals surface area contributed by atoms with Crippen LogP contribution in [0.5, 0.6) is 0 Å². The number of likely N-dealkylation sites (tertiary alicyclic amines) is 2. The lowest BCUT2D eigenvalue weighted by Gasteiger charge is -2.20. The Hall–Kier alpha value is -1.23. The van der Waals surface area contributed by atoms with Crippen molar-refractivity contribution in [2.75, 3.05) is 26.2 Å². The molecular formula is C17H21N3S. The third-order valence-electron chi connectivity index (χ3n) is 4.74. The van der Waals surface area contributed by atoms with Crippen LogP contribution in [0, 0.1) is 11.8 Å². The van der Waals surface area contributed by atoms with Crippen LogP contribution in [-0.2, 0) is 13.1 Å². The smallest absolute Gasteiger partial charge is 0.0543 e. The van der Waals surface area contributed by atoms with Crippen molar-refractivity contribution in [3.63, 3.8) is 0 Å². The van der Waals surface area contributed by atoms with Crippen molar-refractivity contribution in [2.24, 2.45) is 11.8 Å². The summed E-state index contributed by atoms with van der Waals surface area (Å²) in [5.41, 5.74) is 2.68. The van der Waals surface area contributed by atoms with E-state index in [0.717, 1.165) is 24.9 Å². The summed E-state index contributed by atoms with van der Waals surface area (Å²) in [4.78, 5) is 9.67. The zero-order valence-corrected chi connectivity index (χ0v) is 13.0. The topological polar surface area (TPSA) is 19.4 Å². The highest BCUT2D eigenvalue weighted by Gasteiger charge is 2.39. The van der Waals surface area contributed by atoms with E-state index in [1.54, 1.807) is 11.3 Å². The van der Waals surface area contributed by atoms with E-state index in [4.69, 9.17) is 0 Å². The minimum atomic E-state index is 0.854. The van der Waals surface area contributed by atoms with Crippen molar-refractivity contribution in [3.8, 4) is 0 Å². The average Bonchev–Trinajstić information content (AvgIpc) is 3.17. The molecule has 0 amide bonds. The summed E-state index contributed by atoms with van der Waals surface area (Å²) < 4.78 is 0. The molecule has 2 aliphatic heterocycles. The van der Waals surface area contributed by atoms with E-state index in [2.05, 4.69) is 43.7 Å². The molecule has 110 valence electrons. The fraction of sp³-hybridized carbons (Fsp3) is 0.471. The predicted octanol–water partition coefficient (Wildman–Crippen LogP) is 2.71. The molecule has 0 aromatic carbocycles. The number of pyridine rings is 1. The largest absolute Gasteiger partial charge is 0.298 e. The van der Waals surface area contributed by atoms with E-state index in [1.165, 1.54) is 37.4 Å². The fourth-order valence-electron chi connectivity index (χ4n) is 3.81. The lowest BCUT2D eigenvalue weighted by atomic mass is 10.0. The van der Waals surface area contributed by atoms with Crippen molar-refractivity contribution in [2.45, 2.75) is 13.1 Å². The second-order valence-electron chi connectivity index (χ2n) is 6.36. The molecule has 0 saturated carbocycles. The second kappa shape index (κ2) is 5.87. The summed E-state index contributed by atoms with van der Waals surface area (Å²) in [6.45, 7) is 7.15. The van der Waals surface area contributed by atoms with E-state index in [-0.39, 0.29) is 0 Å². The molecule has 2 aliphatic rings. The Kier molecular flexibility index (Phi) is 3.76. The van der Waals surface area contributed by atoms with Crippen molar-refractivity contribution < 1.29 is 0 Å². The van der Waals surface area contributed by atoms with Crippen LogP contribution in [0.4, 0.5) is 0 Å². The first-order valence-electron chi connectivity index (χ1n) is 7.72. The quantitative estimate of drug-likeness (QED) is 0.865. The standard InChI is InChI=1S/C17H21N3S/c1-2-5-18-17(3-1)12-20-10-15-8-19(9-16(15)11-20)7-14-4-6-21-13-14/h1-6,13,15-16H,7-12H2/t15-,16-/m0/s1. The Morgan fingerprint density at radius 3 is 2.38 bits per heavy atom. The molecule has 2 fully saturated rings. The van der Waals surface area contributed by atoms with E-state index in [0.29, 0.717) is 0 Å². The van der Waals surface area contributed by atoms with Crippen LogP contribution in [0.2, 0.25) is 0 Å². The first kappa shape index (κ1) is 13.4. The van der Waals surface area contributed by atoms with Gasteiger partial charge < -0.3 is 0 Å². The van der Waals surface area contributed by atoms with Gasteiger partial charge in [-0.15, -0.1) is 0 Å². The lowest BCUT2D eigenvalue weighted by molar-refractivity contribution is 0.245. The molecule has 2 aromatic heterocycles. The normalized spacial score (nSPS) is 26.3. The van der Waals surface area contributed by atoms with Gasteiger partial charge in [-0.1, -0.05) is 6.07 Å². The van der Waals surface area contributed by atoms with Gasteiger partial charge in [0.2, 0.25) is 0 Å². The first-order valence-corrected chi connectivity index (χ1v) is 8.67. The van der Waals surface area contributed by atoms with Crippen molar-refractivity contribution in [3.05, 3.63) is 52.5 Å². The molecule has 4 heteroatoms. The monoisotopic (exact) mass is 299 g/mol. The van der Waals surface area contributed by atoms with Gasteiger partial charge in [0.15, 0.2) is 0 Å². The van der Waals surface area contributed by atoms with Crippen molar-refractivity contribution >= 4 is 11.3 Å². The summed E-state index contributed by atoms with van der Waals surface area (Å²) in [5, 5.41) is 4.46. The van der Waals surface area contributed by atoms with Crippen LogP contribution < -0.4 is 0 Å². The average molecular weight is 299 g/mol. The van der Waals surface area contributed by atoms with Gasteiger partial charge in [0.05, 0.1) is 5.69 Å². The number of hydrogen-bond donors (Lipinski definition) is 0. The Morgan fingerprint density at radius 1 is 1.00 bits per heavy atom. The second-order valence-corrected chi connectivity index (χ2v) is 7.14. The predicted molar refractivity (Wildman–Crippen MR) is 86.1 cm³/mol. The Balaban J connectivity index is 1.31. The highest BCUT2D eigenvalue weighted by atomic mass is 32.1. The summed E-state index contributed by atoms with van der Waals surface area (Å²) in [6, 6.07) is 8.47. The van der Waals surface area contributed by atoms with E-state index >= 15 is 0 Å².